The molecule has 0 bridgehead atoms. The summed E-state index contributed by atoms with van der Waals surface area (Å²) < 4.78 is 11.5. The third kappa shape index (κ3) is 5.16. The van der Waals surface area contributed by atoms with Gasteiger partial charge in [0, 0.05) is 24.2 Å². The monoisotopic (exact) mass is 273 g/mol. The predicted octanol–water partition coefficient (Wildman–Crippen LogP) is 2.19. The van der Waals surface area contributed by atoms with Gasteiger partial charge in [0.15, 0.2) is 0 Å². The van der Waals surface area contributed by atoms with Crippen LogP contribution in [0.2, 0.25) is 0 Å². The molecule has 0 aliphatic rings. The maximum absolute atomic E-state index is 5.83. The quantitative estimate of drug-likeness (QED) is 0.864. The van der Waals surface area contributed by atoms with Crippen molar-refractivity contribution in [3.63, 3.8) is 0 Å². The van der Waals surface area contributed by atoms with Gasteiger partial charge in [-0.2, -0.15) is 0 Å². The number of nitrogens with two attached hydrogens (primary N) is 1. The second-order valence-corrected chi connectivity index (χ2v) is 4.23. The molecular weight excluding hydrogens is 258 g/mol. The van der Waals surface area contributed by atoms with Crippen LogP contribution in [0.5, 0.6) is 5.75 Å². The minimum Gasteiger partial charge on any atom is -0.492 e. The summed E-state index contributed by atoms with van der Waals surface area (Å²) in [5.74, 6) is 0.831. The number of hydrogen-bond donors (Lipinski definition) is 1. The van der Waals surface area contributed by atoms with Gasteiger partial charge in [-0.1, -0.05) is 22.0 Å². The van der Waals surface area contributed by atoms with E-state index < -0.39 is 0 Å². The van der Waals surface area contributed by atoms with Crippen LogP contribution in [0.15, 0.2) is 28.7 Å². The van der Waals surface area contributed by atoms with E-state index in [0.717, 1.165) is 16.6 Å². The molecule has 1 rings (SSSR count). The van der Waals surface area contributed by atoms with E-state index in [0.29, 0.717) is 13.2 Å². The first-order valence-corrected chi connectivity index (χ1v) is 5.64. The summed E-state index contributed by atoms with van der Waals surface area (Å²) in [5, 5.41) is 0. The fourth-order valence-electron chi connectivity index (χ4n) is 1.11. The first-order valence-electron chi connectivity index (χ1n) is 4.85. The first-order chi connectivity index (χ1) is 7.22. The lowest BCUT2D eigenvalue weighted by atomic mass is 10.2. The number of methoxy groups -OCH3 is 1. The average Bonchev–Trinajstić information content (AvgIpc) is 2.23. The van der Waals surface area contributed by atoms with Crippen molar-refractivity contribution in [2.75, 3.05) is 20.3 Å². The molecule has 0 saturated heterocycles. The lowest BCUT2D eigenvalue weighted by Gasteiger charge is -2.12. The van der Waals surface area contributed by atoms with Crippen molar-refractivity contribution in [3.05, 3.63) is 28.7 Å². The number of hydrogen-bond acceptors (Lipinski definition) is 3. The Bertz CT molecular complexity index is 294. The van der Waals surface area contributed by atoms with E-state index in [1.54, 1.807) is 7.11 Å². The third-order valence-electron chi connectivity index (χ3n) is 1.95. The molecule has 15 heavy (non-hydrogen) atoms. The highest BCUT2D eigenvalue weighted by Gasteiger charge is 2.03. The highest BCUT2D eigenvalue weighted by atomic mass is 79.9. The lowest BCUT2D eigenvalue weighted by molar-refractivity contribution is 0.175. The van der Waals surface area contributed by atoms with Crippen LogP contribution in [0.4, 0.5) is 0 Å². The Kier molecular flexibility index (Phi) is 5.68. The number of benzene rings is 1. The Morgan fingerprint density at radius 2 is 2.27 bits per heavy atom. The molecule has 1 unspecified atom stereocenters. The van der Waals surface area contributed by atoms with Gasteiger partial charge < -0.3 is 15.2 Å². The molecule has 0 saturated carbocycles. The van der Waals surface area contributed by atoms with Crippen LogP contribution in [0.1, 0.15) is 6.42 Å². The van der Waals surface area contributed by atoms with Gasteiger partial charge >= 0.3 is 0 Å². The van der Waals surface area contributed by atoms with E-state index in [-0.39, 0.29) is 6.04 Å². The van der Waals surface area contributed by atoms with Crippen LogP contribution < -0.4 is 10.5 Å². The van der Waals surface area contributed by atoms with Gasteiger partial charge in [-0.15, -0.1) is 0 Å². The minimum atomic E-state index is 0.0175. The topological polar surface area (TPSA) is 44.5 Å². The van der Waals surface area contributed by atoms with Crippen LogP contribution in [0.3, 0.4) is 0 Å². The van der Waals surface area contributed by atoms with Crippen LogP contribution in [-0.2, 0) is 4.74 Å². The van der Waals surface area contributed by atoms with E-state index in [9.17, 15) is 0 Å². The maximum atomic E-state index is 5.83. The molecule has 0 amide bonds. The van der Waals surface area contributed by atoms with Crippen molar-refractivity contribution >= 4 is 15.9 Å². The molecule has 0 radical (unpaired) electrons. The number of rotatable bonds is 6. The third-order valence-corrected chi connectivity index (χ3v) is 2.45. The molecule has 3 nitrogen and oxygen atoms in total. The van der Waals surface area contributed by atoms with Gasteiger partial charge in [0.2, 0.25) is 0 Å². The molecule has 0 aromatic heterocycles. The maximum Gasteiger partial charge on any atom is 0.120 e. The van der Waals surface area contributed by atoms with E-state index in [1.165, 1.54) is 0 Å². The molecule has 1 aromatic rings. The number of ether oxygens (including phenoxy) is 2. The van der Waals surface area contributed by atoms with Gasteiger partial charge in [0.25, 0.3) is 0 Å². The van der Waals surface area contributed by atoms with Gasteiger partial charge in [-0.25, -0.2) is 0 Å². The van der Waals surface area contributed by atoms with E-state index in [4.69, 9.17) is 15.2 Å². The molecule has 2 N–H and O–H groups in total. The summed E-state index contributed by atoms with van der Waals surface area (Å²) >= 11 is 3.38. The summed E-state index contributed by atoms with van der Waals surface area (Å²) in [4.78, 5) is 0. The van der Waals surface area contributed by atoms with Gasteiger partial charge in [-0.05, 0) is 24.6 Å². The van der Waals surface area contributed by atoms with Crippen molar-refractivity contribution in [1.29, 1.82) is 0 Å². The molecule has 4 heteroatoms. The van der Waals surface area contributed by atoms with Crippen molar-refractivity contribution < 1.29 is 9.47 Å². The second kappa shape index (κ2) is 6.82. The Morgan fingerprint density at radius 3 is 2.93 bits per heavy atom. The predicted molar refractivity (Wildman–Crippen MR) is 64.1 cm³/mol. The normalized spacial score (nSPS) is 12.5. The molecule has 1 atom stereocenters. The number of halogens is 1. The van der Waals surface area contributed by atoms with Gasteiger partial charge in [-0.3, -0.25) is 0 Å². The summed E-state index contributed by atoms with van der Waals surface area (Å²) in [5.41, 5.74) is 5.83. The zero-order valence-corrected chi connectivity index (χ0v) is 10.4. The molecule has 0 aliphatic carbocycles. The Balaban J connectivity index is 2.30. The lowest BCUT2D eigenvalue weighted by Crippen LogP contribution is -2.29. The SMILES string of the molecule is COCCC(N)COc1cccc(Br)c1. The average molecular weight is 274 g/mol. The molecule has 0 spiro atoms. The van der Waals surface area contributed by atoms with Crippen molar-refractivity contribution in [1.82, 2.24) is 0 Å². The van der Waals surface area contributed by atoms with Crippen LogP contribution in [0, 0.1) is 0 Å². The summed E-state index contributed by atoms with van der Waals surface area (Å²) in [6, 6.07) is 7.73. The minimum absolute atomic E-state index is 0.0175. The van der Waals surface area contributed by atoms with E-state index in [1.807, 2.05) is 24.3 Å². The highest BCUT2D eigenvalue weighted by molar-refractivity contribution is 9.10. The van der Waals surface area contributed by atoms with Crippen LogP contribution in [0.25, 0.3) is 0 Å². The highest BCUT2D eigenvalue weighted by Crippen LogP contribution is 2.17. The molecule has 0 fully saturated rings. The summed E-state index contributed by atoms with van der Waals surface area (Å²) in [6.07, 6.45) is 0.810. The summed E-state index contributed by atoms with van der Waals surface area (Å²) in [6.45, 7) is 1.18. The first kappa shape index (κ1) is 12.5. The van der Waals surface area contributed by atoms with E-state index in [2.05, 4.69) is 15.9 Å². The fourth-order valence-corrected chi connectivity index (χ4v) is 1.49. The zero-order chi connectivity index (χ0) is 11.1. The summed E-state index contributed by atoms with van der Waals surface area (Å²) in [7, 11) is 1.67. The van der Waals surface area contributed by atoms with Crippen molar-refractivity contribution in [2.24, 2.45) is 5.73 Å². The Morgan fingerprint density at radius 1 is 1.47 bits per heavy atom. The van der Waals surface area contributed by atoms with Gasteiger partial charge in [0.05, 0.1) is 0 Å². The van der Waals surface area contributed by atoms with Gasteiger partial charge in [0.1, 0.15) is 12.4 Å². The fraction of sp³-hybridized carbons (Fsp3) is 0.455. The molecular formula is C11H16BrNO2. The molecule has 0 heterocycles. The Hall–Kier alpha value is -0.580. The largest absolute Gasteiger partial charge is 0.492 e. The molecule has 0 aliphatic heterocycles. The van der Waals surface area contributed by atoms with Crippen molar-refractivity contribution in [3.8, 4) is 5.75 Å². The smallest absolute Gasteiger partial charge is 0.120 e. The molecule has 84 valence electrons. The van der Waals surface area contributed by atoms with Crippen LogP contribution >= 0.6 is 15.9 Å². The van der Waals surface area contributed by atoms with E-state index >= 15 is 0 Å². The standard InChI is InChI=1S/C11H16BrNO2/c1-14-6-5-10(13)8-15-11-4-2-3-9(12)7-11/h2-4,7,10H,5-6,8,13H2,1H3. The Labute approximate surface area is 98.7 Å². The van der Waals surface area contributed by atoms with Crippen molar-refractivity contribution in [2.45, 2.75) is 12.5 Å². The second-order valence-electron chi connectivity index (χ2n) is 3.31. The zero-order valence-electron chi connectivity index (χ0n) is 8.78. The van der Waals surface area contributed by atoms with Crippen LogP contribution in [-0.4, -0.2) is 26.4 Å². The molecule has 1 aromatic carbocycles.